The minimum Gasteiger partial charge on any atom is -0.464 e. The van der Waals surface area contributed by atoms with Gasteiger partial charge in [-0.2, -0.15) is 0 Å². The van der Waals surface area contributed by atoms with E-state index in [1.54, 1.807) is 0 Å². The minimum atomic E-state index is -0.299. The molecule has 1 heterocycles. The molecule has 0 radical (unpaired) electrons. The quantitative estimate of drug-likeness (QED) is 0.533. The molecule has 1 N–H and O–H groups in total. The van der Waals surface area contributed by atoms with Crippen LogP contribution < -0.4 is 5.32 Å². The molecule has 1 saturated heterocycles. The van der Waals surface area contributed by atoms with Crippen LogP contribution in [0.25, 0.3) is 0 Å². The average molecular weight is 225 g/mol. The largest absolute Gasteiger partial charge is 0.464 e. The molecule has 1 aliphatic rings. The molecule has 0 aliphatic carbocycles. The summed E-state index contributed by atoms with van der Waals surface area (Å²) in [5.74, 6) is -0.0160. The third-order valence-corrected chi connectivity index (χ3v) is 3.36. The van der Waals surface area contributed by atoms with Crippen molar-refractivity contribution in [2.24, 2.45) is 5.41 Å². The van der Waals surface area contributed by atoms with Gasteiger partial charge in [0.25, 0.3) is 0 Å². The lowest BCUT2D eigenvalue weighted by Gasteiger charge is -2.30. The van der Waals surface area contributed by atoms with Crippen LogP contribution in [-0.2, 0) is 9.53 Å². The number of nitrogens with one attached hydrogen (secondary N) is 1. The lowest BCUT2D eigenvalue weighted by molar-refractivity contribution is -0.147. The standard InChI is InChI=1S/C13H23NO2/c1-4-7-13(8-5-2)11(14-9-6-3)10-16-12(13)15/h6,11,14H,3-5,7-10H2,1-2H3/t11-/m1/s1. The van der Waals surface area contributed by atoms with Crippen molar-refractivity contribution >= 4 is 5.97 Å². The van der Waals surface area contributed by atoms with Crippen molar-refractivity contribution in [2.75, 3.05) is 13.2 Å². The van der Waals surface area contributed by atoms with E-state index in [9.17, 15) is 4.79 Å². The molecule has 92 valence electrons. The van der Waals surface area contributed by atoms with Crippen LogP contribution >= 0.6 is 0 Å². The number of esters is 1. The smallest absolute Gasteiger partial charge is 0.313 e. The Morgan fingerprint density at radius 2 is 2.12 bits per heavy atom. The second-order valence-corrected chi connectivity index (χ2v) is 4.50. The normalized spacial score (nSPS) is 23.1. The molecule has 0 unspecified atom stereocenters. The molecule has 0 bridgehead atoms. The fraction of sp³-hybridized carbons (Fsp3) is 0.769. The molecule has 1 aliphatic heterocycles. The molecule has 1 atom stereocenters. The van der Waals surface area contributed by atoms with Crippen LogP contribution in [0.3, 0.4) is 0 Å². The number of carbonyl (C=O) groups is 1. The molecule has 1 rings (SSSR count). The molecule has 0 aromatic rings. The molecule has 1 fully saturated rings. The Hall–Kier alpha value is -0.830. The fourth-order valence-electron chi connectivity index (χ4n) is 2.65. The van der Waals surface area contributed by atoms with E-state index in [1.807, 2.05) is 6.08 Å². The summed E-state index contributed by atoms with van der Waals surface area (Å²) in [6, 6.07) is 0.151. The SMILES string of the molecule is C=CCN[C@@H]1COC(=O)C1(CCC)CCC. The highest BCUT2D eigenvalue weighted by Gasteiger charge is 2.50. The van der Waals surface area contributed by atoms with E-state index in [0.717, 1.165) is 32.2 Å². The van der Waals surface area contributed by atoms with E-state index >= 15 is 0 Å². The number of hydrogen-bond acceptors (Lipinski definition) is 3. The van der Waals surface area contributed by atoms with Gasteiger partial charge in [0.1, 0.15) is 6.61 Å². The van der Waals surface area contributed by atoms with Crippen molar-refractivity contribution in [3.05, 3.63) is 12.7 Å². The van der Waals surface area contributed by atoms with Crippen LogP contribution in [-0.4, -0.2) is 25.2 Å². The Labute approximate surface area is 98.2 Å². The lowest BCUT2D eigenvalue weighted by atomic mass is 9.74. The van der Waals surface area contributed by atoms with Gasteiger partial charge in [0, 0.05) is 6.54 Å². The summed E-state index contributed by atoms with van der Waals surface area (Å²) in [4.78, 5) is 12.0. The highest BCUT2D eigenvalue weighted by molar-refractivity contribution is 5.80. The predicted molar refractivity (Wildman–Crippen MR) is 65.2 cm³/mol. The van der Waals surface area contributed by atoms with E-state index < -0.39 is 0 Å². The maximum Gasteiger partial charge on any atom is 0.313 e. The summed E-state index contributed by atoms with van der Waals surface area (Å²) in [5.41, 5.74) is -0.299. The molecule has 0 aromatic carbocycles. The first-order valence-electron chi connectivity index (χ1n) is 6.22. The van der Waals surface area contributed by atoms with Crippen LogP contribution in [0.5, 0.6) is 0 Å². The van der Waals surface area contributed by atoms with Crippen LogP contribution in [0.15, 0.2) is 12.7 Å². The monoisotopic (exact) mass is 225 g/mol. The van der Waals surface area contributed by atoms with Gasteiger partial charge in [-0.1, -0.05) is 32.8 Å². The van der Waals surface area contributed by atoms with Crippen molar-refractivity contribution in [3.8, 4) is 0 Å². The summed E-state index contributed by atoms with van der Waals surface area (Å²) < 4.78 is 5.25. The van der Waals surface area contributed by atoms with Crippen molar-refractivity contribution in [2.45, 2.75) is 45.6 Å². The summed E-state index contributed by atoms with van der Waals surface area (Å²) in [6.07, 6.45) is 5.68. The van der Waals surface area contributed by atoms with Gasteiger partial charge in [0.15, 0.2) is 0 Å². The Balaban J connectivity index is 2.79. The number of rotatable bonds is 7. The Morgan fingerprint density at radius 3 is 2.62 bits per heavy atom. The molecule has 0 aromatic heterocycles. The van der Waals surface area contributed by atoms with Crippen molar-refractivity contribution in [1.29, 1.82) is 0 Å². The molecule has 16 heavy (non-hydrogen) atoms. The zero-order valence-electron chi connectivity index (χ0n) is 10.4. The predicted octanol–water partition coefficient (Wildman–Crippen LogP) is 2.27. The van der Waals surface area contributed by atoms with E-state index in [-0.39, 0.29) is 17.4 Å². The second-order valence-electron chi connectivity index (χ2n) is 4.50. The van der Waals surface area contributed by atoms with Crippen LogP contribution in [0.2, 0.25) is 0 Å². The first-order valence-corrected chi connectivity index (χ1v) is 6.22. The van der Waals surface area contributed by atoms with Crippen molar-refractivity contribution in [3.63, 3.8) is 0 Å². The van der Waals surface area contributed by atoms with Gasteiger partial charge >= 0.3 is 5.97 Å². The first-order chi connectivity index (χ1) is 7.71. The molecule has 3 nitrogen and oxygen atoms in total. The number of carbonyl (C=O) groups excluding carboxylic acids is 1. The van der Waals surface area contributed by atoms with Gasteiger partial charge in [-0.25, -0.2) is 0 Å². The molecule has 0 amide bonds. The average Bonchev–Trinajstić information content (AvgIpc) is 2.56. The maximum atomic E-state index is 12.0. The van der Waals surface area contributed by atoms with Gasteiger partial charge in [0.2, 0.25) is 0 Å². The van der Waals surface area contributed by atoms with Crippen LogP contribution in [0, 0.1) is 5.41 Å². The maximum absolute atomic E-state index is 12.0. The second kappa shape index (κ2) is 6.04. The zero-order chi connectivity index (χ0) is 12.0. The summed E-state index contributed by atoms with van der Waals surface area (Å²) >= 11 is 0. The summed E-state index contributed by atoms with van der Waals surface area (Å²) in [7, 11) is 0. The Morgan fingerprint density at radius 1 is 1.50 bits per heavy atom. The van der Waals surface area contributed by atoms with Gasteiger partial charge in [0.05, 0.1) is 11.5 Å². The topological polar surface area (TPSA) is 38.3 Å². The molecule has 0 spiro atoms. The number of ether oxygens (including phenoxy) is 1. The van der Waals surface area contributed by atoms with E-state index in [2.05, 4.69) is 25.7 Å². The zero-order valence-corrected chi connectivity index (χ0v) is 10.4. The van der Waals surface area contributed by atoms with Gasteiger partial charge < -0.3 is 10.1 Å². The Kier molecular flexibility index (Phi) is 5.00. The lowest BCUT2D eigenvalue weighted by Crippen LogP contribution is -2.46. The molecular weight excluding hydrogens is 202 g/mol. The third kappa shape index (κ3) is 2.46. The van der Waals surface area contributed by atoms with Crippen LogP contribution in [0.1, 0.15) is 39.5 Å². The molecular formula is C13H23NO2. The molecule has 0 saturated carbocycles. The fourth-order valence-corrected chi connectivity index (χ4v) is 2.65. The minimum absolute atomic E-state index is 0.0160. The van der Waals surface area contributed by atoms with Crippen molar-refractivity contribution in [1.82, 2.24) is 5.32 Å². The molecule has 3 heteroatoms. The van der Waals surface area contributed by atoms with E-state index in [4.69, 9.17) is 4.74 Å². The summed E-state index contributed by atoms with van der Waals surface area (Å²) in [6.45, 7) is 9.17. The van der Waals surface area contributed by atoms with Gasteiger partial charge in [-0.3, -0.25) is 4.79 Å². The van der Waals surface area contributed by atoms with Gasteiger partial charge in [-0.05, 0) is 12.8 Å². The Bertz CT molecular complexity index is 244. The number of cyclic esters (lactones) is 1. The van der Waals surface area contributed by atoms with Crippen LogP contribution in [0.4, 0.5) is 0 Å². The highest BCUT2D eigenvalue weighted by atomic mass is 16.5. The highest BCUT2D eigenvalue weighted by Crippen LogP contribution is 2.39. The summed E-state index contributed by atoms with van der Waals surface area (Å²) in [5, 5.41) is 3.36. The van der Waals surface area contributed by atoms with E-state index in [1.165, 1.54) is 0 Å². The third-order valence-electron chi connectivity index (χ3n) is 3.36. The first kappa shape index (κ1) is 13.2. The van der Waals surface area contributed by atoms with Crippen molar-refractivity contribution < 1.29 is 9.53 Å². The number of hydrogen-bond donors (Lipinski definition) is 1. The van der Waals surface area contributed by atoms with Gasteiger partial charge in [-0.15, -0.1) is 6.58 Å². The van der Waals surface area contributed by atoms with E-state index in [0.29, 0.717) is 6.61 Å².